The molecule has 0 aliphatic rings. The minimum atomic E-state index is 0.215. The van der Waals surface area contributed by atoms with E-state index < -0.39 is 0 Å². The van der Waals surface area contributed by atoms with Crippen LogP contribution in [-0.4, -0.2) is 0 Å². The first-order valence-corrected chi connectivity index (χ1v) is 5.24. The average Bonchev–Trinajstić information content (AvgIpc) is 2.20. The fourth-order valence-electron chi connectivity index (χ4n) is 1.77. The Balaban J connectivity index is 3.06. The molecule has 0 fully saturated rings. The summed E-state index contributed by atoms with van der Waals surface area (Å²) >= 11 is 0. The molecule has 1 radical (unpaired) electrons. The lowest BCUT2D eigenvalue weighted by atomic mass is 9.92. The first-order valence-electron chi connectivity index (χ1n) is 5.24. The Bertz CT molecular complexity index is 310. The lowest BCUT2D eigenvalue weighted by Crippen LogP contribution is -1.97. The maximum Gasteiger partial charge on any atom is 0.00183 e. The van der Waals surface area contributed by atoms with Gasteiger partial charge in [-0.25, -0.2) is 0 Å². The Labute approximate surface area is 87.7 Å². The van der Waals surface area contributed by atoms with E-state index in [1.54, 1.807) is 0 Å². The molecule has 1 aromatic carbocycles. The SMILES string of the molecule is [CH2]C(C=C)c1cccc(CCC)c1C. The van der Waals surface area contributed by atoms with E-state index in [0.29, 0.717) is 0 Å². The zero-order chi connectivity index (χ0) is 10.6. The lowest BCUT2D eigenvalue weighted by Gasteiger charge is -2.13. The monoisotopic (exact) mass is 187 g/mol. The first kappa shape index (κ1) is 11.0. The lowest BCUT2D eigenvalue weighted by molar-refractivity contribution is 0.902. The molecular weight excluding hydrogens is 168 g/mol. The maximum absolute atomic E-state index is 4.07. The Morgan fingerprint density at radius 3 is 2.71 bits per heavy atom. The number of allylic oxidation sites excluding steroid dienone is 1. The molecule has 14 heavy (non-hydrogen) atoms. The zero-order valence-electron chi connectivity index (χ0n) is 9.22. The van der Waals surface area contributed by atoms with Gasteiger partial charge < -0.3 is 0 Å². The van der Waals surface area contributed by atoms with Crippen molar-refractivity contribution in [3.05, 3.63) is 54.5 Å². The molecule has 0 amide bonds. The van der Waals surface area contributed by atoms with E-state index in [2.05, 4.69) is 45.5 Å². The number of aryl methyl sites for hydroxylation is 1. The Hall–Kier alpha value is -1.04. The quantitative estimate of drug-likeness (QED) is 0.624. The highest BCUT2D eigenvalue weighted by atomic mass is 14.1. The molecule has 0 nitrogen and oxygen atoms in total. The van der Waals surface area contributed by atoms with Crippen LogP contribution in [0.25, 0.3) is 0 Å². The summed E-state index contributed by atoms with van der Waals surface area (Å²) in [5.74, 6) is 0.215. The van der Waals surface area contributed by atoms with Crippen LogP contribution < -0.4 is 0 Å². The van der Waals surface area contributed by atoms with Crippen molar-refractivity contribution in [3.63, 3.8) is 0 Å². The van der Waals surface area contributed by atoms with Crippen LogP contribution in [0.3, 0.4) is 0 Å². The summed E-state index contributed by atoms with van der Waals surface area (Å²) in [6, 6.07) is 6.47. The largest absolute Gasteiger partial charge is 0.102 e. The van der Waals surface area contributed by atoms with E-state index in [9.17, 15) is 0 Å². The molecule has 0 saturated carbocycles. The van der Waals surface area contributed by atoms with Crippen molar-refractivity contribution in [1.82, 2.24) is 0 Å². The molecule has 0 aliphatic carbocycles. The van der Waals surface area contributed by atoms with Crippen molar-refractivity contribution in [3.8, 4) is 0 Å². The van der Waals surface area contributed by atoms with E-state index in [4.69, 9.17) is 0 Å². The fourth-order valence-corrected chi connectivity index (χ4v) is 1.77. The normalized spacial score (nSPS) is 12.5. The van der Waals surface area contributed by atoms with E-state index in [1.165, 1.54) is 23.1 Å². The van der Waals surface area contributed by atoms with Gasteiger partial charge in [0.1, 0.15) is 0 Å². The molecule has 1 atom stereocenters. The highest BCUT2D eigenvalue weighted by molar-refractivity contribution is 5.38. The second-order valence-electron chi connectivity index (χ2n) is 3.72. The Kier molecular flexibility index (Phi) is 3.94. The van der Waals surface area contributed by atoms with Crippen LogP contribution in [0.2, 0.25) is 0 Å². The zero-order valence-corrected chi connectivity index (χ0v) is 9.22. The van der Waals surface area contributed by atoms with Crippen LogP contribution in [0.4, 0.5) is 0 Å². The van der Waals surface area contributed by atoms with Gasteiger partial charge in [-0.05, 0) is 37.0 Å². The highest BCUT2D eigenvalue weighted by Crippen LogP contribution is 2.23. The molecule has 0 spiro atoms. The molecule has 0 bridgehead atoms. The van der Waals surface area contributed by atoms with Crippen LogP contribution in [0.15, 0.2) is 30.9 Å². The molecule has 0 aromatic heterocycles. The summed E-state index contributed by atoms with van der Waals surface area (Å²) in [5, 5.41) is 0. The average molecular weight is 187 g/mol. The first-order chi connectivity index (χ1) is 6.70. The predicted molar refractivity (Wildman–Crippen MR) is 63.5 cm³/mol. The maximum atomic E-state index is 4.07. The highest BCUT2D eigenvalue weighted by Gasteiger charge is 2.07. The van der Waals surface area contributed by atoms with Gasteiger partial charge in [0.15, 0.2) is 0 Å². The van der Waals surface area contributed by atoms with Crippen molar-refractivity contribution >= 4 is 0 Å². The van der Waals surface area contributed by atoms with E-state index in [-0.39, 0.29) is 5.92 Å². The summed E-state index contributed by atoms with van der Waals surface area (Å²) < 4.78 is 0. The second kappa shape index (κ2) is 4.99. The van der Waals surface area contributed by atoms with Gasteiger partial charge in [-0.1, -0.05) is 37.6 Å². The van der Waals surface area contributed by atoms with E-state index >= 15 is 0 Å². The third kappa shape index (κ3) is 2.25. The van der Waals surface area contributed by atoms with Crippen LogP contribution in [0.1, 0.15) is 36.0 Å². The molecule has 0 heteroatoms. The molecule has 75 valence electrons. The smallest absolute Gasteiger partial charge is 0.00183 e. The summed E-state index contributed by atoms with van der Waals surface area (Å²) in [6.45, 7) is 12.3. The summed E-state index contributed by atoms with van der Waals surface area (Å²) in [4.78, 5) is 0. The number of hydrogen-bond acceptors (Lipinski definition) is 0. The molecule has 0 aliphatic heterocycles. The molecule has 1 aromatic rings. The van der Waals surface area contributed by atoms with Crippen molar-refractivity contribution in [2.75, 3.05) is 0 Å². The topological polar surface area (TPSA) is 0 Å². The third-order valence-electron chi connectivity index (χ3n) is 2.69. The minimum Gasteiger partial charge on any atom is -0.102 e. The third-order valence-corrected chi connectivity index (χ3v) is 2.69. The molecule has 1 rings (SSSR count). The molecular formula is C14H19. The van der Waals surface area contributed by atoms with Crippen molar-refractivity contribution < 1.29 is 0 Å². The molecule has 0 N–H and O–H groups in total. The Morgan fingerprint density at radius 2 is 2.14 bits per heavy atom. The Morgan fingerprint density at radius 1 is 1.43 bits per heavy atom. The predicted octanol–water partition coefficient (Wildman–Crippen LogP) is 4.05. The van der Waals surface area contributed by atoms with Crippen LogP contribution in [0.5, 0.6) is 0 Å². The summed E-state index contributed by atoms with van der Waals surface area (Å²) in [7, 11) is 0. The standard InChI is InChI=1S/C14H19/c1-5-8-13-9-7-10-14(12(13)4)11(3)6-2/h6-7,9-11H,2-3,5,8H2,1,4H3. The van der Waals surface area contributed by atoms with Gasteiger partial charge in [-0.2, -0.15) is 0 Å². The van der Waals surface area contributed by atoms with Crippen LogP contribution in [-0.2, 0) is 6.42 Å². The number of hydrogen-bond donors (Lipinski definition) is 0. The number of rotatable bonds is 4. The van der Waals surface area contributed by atoms with Gasteiger partial charge in [0, 0.05) is 5.92 Å². The molecule has 0 heterocycles. The summed E-state index contributed by atoms with van der Waals surface area (Å²) in [6.07, 6.45) is 4.25. The number of benzene rings is 1. The summed E-state index contributed by atoms with van der Waals surface area (Å²) in [5.41, 5.74) is 4.14. The molecule has 0 saturated heterocycles. The van der Waals surface area contributed by atoms with E-state index in [1.807, 2.05) is 6.08 Å². The van der Waals surface area contributed by atoms with Gasteiger partial charge in [-0.3, -0.25) is 0 Å². The van der Waals surface area contributed by atoms with Gasteiger partial charge in [0.2, 0.25) is 0 Å². The van der Waals surface area contributed by atoms with Gasteiger partial charge in [0.25, 0.3) is 0 Å². The molecule has 1 unspecified atom stereocenters. The second-order valence-corrected chi connectivity index (χ2v) is 3.72. The van der Waals surface area contributed by atoms with Crippen LogP contribution >= 0.6 is 0 Å². The van der Waals surface area contributed by atoms with Crippen LogP contribution in [0, 0.1) is 13.8 Å². The fraction of sp³-hybridized carbons (Fsp3) is 0.357. The van der Waals surface area contributed by atoms with E-state index in [0.717, 1.165) is 6.42 Å². The van der Waals surface area contributed by atoms with Crippen molar-refractivity contribution in [1.29, 1.82) is 0 Å². The van der Waals surface area contributed by atoms with Crippen molar-refractivity contribution in [2.45, 2.75) is 32.6 Å². The van der Waals surface area contributed by atoms with Crippen molar-refractivity contribution in [2.24, 2.45) is 0 Å². The van der Waals surface area contributed by atoms with Gasteiger partial charge in [-0.15, -0.1) is 6.58 Å². The van der Waals surface area contributed by atoms with Gasteiger partial charge >= 0.3 is 0 Å². The van der Waals surface area contributed by atoms with Gasteiger partial charge in [0.05, 0.1) is 0 Å². The minimum absolute atomic E-state index is 0.215.